The molecule has 2 fully saturated rings. The van der Waals surface area contributed by atoms with Gasteiger partial charge in [0, 0.05) is 25.0 Å². The molecule has 176 valence electrons. The number of fused-ring (bicyclic) bond motifs is 5. The molecule has 6 unspecified atom stereocenters. The topological polar surface area (TPSA) is 42.0 Å². The second-order valence-corrected chi connectivity index (χ2v) is 11.9. The van der Waals surface area contributed by atoms with Gasteiger partial charge in [-0.2, -0.15) is 0 Å². The van der Waals surface area contributed by atoms with Gasteiger partial charge in [0.15, 0.2) is 0 Å². The highest BCUT2D eigenvalue weighted by Gasteiger charge is 2.58. The maximum absolute atomic E-state index is 12.6. The van der Waals surface area contributed by atoms with Crippen LogP contribution in [0, 0.1) is 41.4 Å². The molecule has 0 radical (unpaired) electrons. The summed E-state index contributed by atoms with van der Waals surface area (Å²) < 4.78 is 0. The largest absolute Gasteiger partial charge is 0.353 e. The fourth-order valence-corrected chi connectivity index (χ4v) is 8.40. The Balaban J connectivity index is 1.49. The summed E-state index contributed by atoms with van der Waals surface area (Å²) in [4.78, 5) is 17.1. The first kappa shape index (κ1) is 23.0. The van der Waals surface area contributed by atoms with Crippen molar-refractivity contribution < 1.29 is 4.79 Å². The van der Waals surface area contributed by atoms with E-state index < -0.39 is 0 Å². The van der Waals surface area contributed by atoms with Gasteiger partial charge in [0.25, 0.3) is 0 Å². The van der Waals surface area contributed by atoms with E-state index in [1.54, 1.807) is 0 Å². The zero-order valence-corrected chi connectivity index (χ0v) is 21.2. The van der Waals surface area contributed by atoms with Gasteiger partial charge in [-0.1, -0.05) is 37.7 Å². The first-order chi connectivity index (χ1) is 15.9. The Hall–Kier alpha value is -1.81. The van der Waals surface area contributed by atoms with E-state index >= 15 is 0 Å². The molecular formula is C29H38N2OS. The number of carbonyl (C=O) groups is 1. The van der Waals surface area contributed by atoms with E-state index in [9.17, 15) is 4.79 Å². The normalized spacial score (nSPS) is 37.6. The molecule has 3 aliphatic carbocycles. The second-order valence-electron chi connectivity index (χ2n) is 11.5. The monoisotopic (exact) mass is 462 g/mol. The molecule has 1 aliphatic heterocycles. The van der Waals surface area contributed by atoms with Crippen molar-refractivity contribution in [2.75, 3.05) is 6.54 Å². The predicted octanol–water partition coefficient (Wildman–Crippen LogP) is 6.47. The Morgan fingerprint density at radius 2 is 2.06 bits per heavy atom. The lowest BCUT2D eigenvalue weighted by molar-refractivity contribution is -0.116. The highest BCUT2D eigenvalue weighted by atomic mass is 32.1. The van der Waals surface area contributed by atoms with Crippen LogP contribution in [0.15, 0.2) is 36.2 Å². The number of rotatable bonds is 5. The van der Waals surface area contributed by atoms with E-state index in [1.165, 1.54) is 48.0 Å². The first-order valence-electron chi connectivity index (χ1n) is 12.9. The van der Waals surface area contributed by atoms with Crippen LogP contribution < -0.4 is 5.32 Å². The number of unbranched alkanes of at least 4 members (excludes halogenated alkanes) is 1. The number of aryl methyl sites for hydroxylation is 1. The maximum atomic E-state index is 12.6. The van der Waals surface area contributed by atoms with Gasteiger partial charge in [-0.05, 0) is 121 Å². The molecule has 1 N–H and O–H groups in total. The minimum absolute atomic E-state index is 0.115. The van der Waals surface area contributed by atoms with E-state index in [0.717, 1.165) is 32.2 Å². The Labute approximate surface area is 204 Å². The van der Waals surface area contributed by atoms with Crippen LogP contribution >= 0.6 is 12.2 Å². The maximum Gasteiger partial charge on any atom is 0.243 e. The molecule has 0 aromatic carbocycles. The Morgan fingerprint density at radius 1 is 1.21 bits per heavy atom. The zero-order chi connectivity index (χ0) is 23.2. The zero-order valence-electron chi connectivity index (χ0n) is 20.4. The van der Waals surface area contributed by atoms with Crippen molar-refractivity contribution in [2.24, 2.45) is 34.5 Å². The highest BCUT2D eigenvalue weighted by molar-refractivity contribution is 7.78. The van der Waals surface area contributed by atoms with Crippen LogP contribution in [-0.2, 0) is 4.79 Å². The molecular weight excluding hydrogens is 424 g/mol. The SMILES string of the molecule is Cc1cncc(C2=CCC3C4CC(CCCC=S)C5=CC(=O)NCCC5(C)C4CCC23C)c1. The number of hydrogen-bond acceptors (Lipinski definition) is 3. The van der Waals surface area contributed by atoms with Gasteiger partial charge in [0.2, 0.25) is 5.91 Å². The third-order valence-corrected chi connectivity index (χ3v) is 10.0. The number of amides is 1. The van der Waals surface area contributed by atoms with Crippen molar-refractivity contribution in [3.63, 3.8) is 0 Å². The van der Waals surface area contributed by atoms with E-state index in [1.807, 2.05) is 17.6 Å². The van der Waals surface area contributed by atoms with Crippen LogP contribution in [0.4, 0.5) is 0 Å². The molecule has 0 bridgehead atoms. The molecule has 2 heterocycles. The minimum Gasteiger partial charge on any atom is -0.353 e. The molecule has 1 amide bonds. The third kappa shape index (κ3) is 3.83. The summed E-state index contributed by atoms with van der Waals surface area (Å²) in [6.07, 6.45) is 17.8. The van der Waals surface area contributed by atoms with E-state index in [2.05, 4.69) is 49.4 Å². The molecule has 4 heteroatoms. The van der Waals surface area contributed by atoms with E-state index in [-0.39, 0.29) is 16.7 Å². The average Bonchev–Trinajstić information content (AvgIpc) is 3.05. The molecule has 2 saturated carbocycles. The van der Waals surface area contributed by atoms with Crippen molar-refractivity contribution in [1.82, 2.24) is 10.3 Å². The molecule has 0 spiro atoms. The van der Waals surface area contributed by atoms with Crippen LogP contribution in [0.3, 0.4) is 0 Å². The quantitative estimate of drug-likeness (QED) is 0.403. The van der Waals surface area contributed by atoms with Gasteiger partial charge in [-0.3, -0.25) is 9.78 Å². The molecule has 6 atom stereocenters. The fraction of sp³-hybridized carbons (Fsp3) is 0.621. The van der Waals surface area contributed by atoms with Crippen LogP contribution in [0.2, 0.25) is 0 Å². The summed E-state index contributed by atoms with van der Waals surface area (Å²) in [6, 6.07) is 2.32. The number of pyridine rings is 1. The van der Waals surface area contributed by atoms with Gasteiger partial charge in [0.05, 0.1) is 0 Å². The molecule has 33 heavy (non-hydrogen) atoms. The summed E-state index contributed by atoms with van der Waals surface area (Å²) >= 11 is 5.12. The number of hydrogen-bond donors (Lipinski definition) is 1. The number of nitrogens with one attached hydrogen (secondary N) is 1. The molecule has 1 aromatic rings. The van der Waals surface area contributed by atoms with Crippen LogP contribution in [-0.4, -0.2) is 22.8 Å². The Morgan fingerprint density at radius 3 is 2.85 bits per heavy atom. The van der Waals surface area contributed by atoms with Gasteiger partial charge in [0.1, 0.15) is 0 Å². The minimum atomic E-state index is 0.115. The van der Waals surface area contributed by atoms with Crippen molar-refractivity contribution in [3.8, 4) is 0 Å². The molecule has 4 aliphatic rings. The molecule has 5 rings (SSSR count). The first-order valence-corrected chi connectivity index (χ1v) is 13.4. The number of nitrogens with zero attached hydrogens (tertiary/aromatic N) is 1. The number of allylic oxidation sites excluding steroid dienone is 3. The van der Waals surface area contributed by atoms with E-state index in [4.69, 9.17) is 12.2 Å². The fourth-order valence-electron chi connectivity index (χ4n) is 8.23. The van der Waals surface area contributed by atoms with Crippen molar-refractivity contribution in [1.29, 1.82) is 0 Å². The van der Waals surface area contributed by atoms with Crippen LogP contribution in [0.5, 0.6) is 0 Å². The highest BCUT2D eigenvalue weighted by Crippen LogP contribution is 2.67. The number of thiocarbonyl (C=S) groups is 1. The van der Waals surface area contributed by atoms with Crippen molar-refractivity contribution >= 4 is 29.1 Å². The predicted molar refractivity (Wildman–Crippen MR) is 139 cm³/mol. The van der Waals surface area contributed by atoms with Crippen molar-refractivity contribution in [3.05, 3.63) is 47.3 Å². The van der Waals surface area contributed by atoms with Crippen LogP contribution in [0.1, 0.15) is 76.3 Å². The van der Waals surface area contributed by atoms with Gasteiger partial charge >= 0.3 is 0 Å². The third-order valence-electron chi connectivity index (χ3n) is 9.78. The smallest absolute Gasteiger partial charge is 0.243 e. The Kier molecular flexibility index (Phi) is 6.09. The van der Waals surface area contributed by atoms with Gasteiger partial charge in [-0.25, -0.2) is 0 Å². The summed E-state index contributed by atoms with van der Waals surface area (Å²) in [5.74, 6) is 2.68. The lowest BCUT2D eigenvalue weighted by Crippen LogP contribution is -2.51. The molecule has 1 aromatic heterocycles. The Bertz CT molecular complexity index is 1010. The lowest BCUT2D eigenvalue weighted by atomic mass is 9.45. The van der Waals surface area contributed by atoms with Gasteiger partial charge < -0.3 is 5.32 Å². The second kappa shape index (κ2) is 8.76. The molecule has 3 nitrogen and oxygen atoms in total. The number of carbonyl (C=O) groups excluding carboxylic acids is 1. The lowest BCUT2D eigenvalue weighted by Gasteiger charge is -2.59. The van der Waals surface area contributed by atoms with Crippen LogP contribution in [0.25, 0.3) is 5.57 Å². The summed E-state index contributed by atoms with van der Waals surface area (Å²) in [6.45, 7) is 7.96. The summed E-state index contributed by atoms with van der Waals surface area (Å²) in [5, 5.41) is 5.02. The number of aromatic nitrogens is 1. The average molecular weight is 463 g/mol. The van der Waals surface area contributed by atoms with E-state index in [0.29, 0.717) is 23.7 Å². The summed E-state index contributed by atoms with van der Waals surface area (Å²) in [5.41, 5.74) is 5.89. The van der Waals surface area contributed by atoms with Crippen molar-refractivity contribution in [2.45, 2.75) is 72.1 Å². The molecule has 0 saturated heterocycles. The van der Waals surface area contributed by atoms with Gasteiger partial charge in [-0.15, -0.1) is 0 Å². The standard InChI is InChI=1S/C29H38N2OS/c1-19-14-21(18-30-17-19)23-7-8-24-22-15-20(6-4-5-13-33)26-16-27(32)31-12-11-29(26,3)25(22)9-10-28(23,24)2/h7,13-14,16-18,20,22,24-25H,4-6,8-12,15H2,1-3H3,(H,31,32). The summed E-state index contributed by atoms with van der Waals surface area (Å²) in [7, 11) is 0.